The number of methoxy groups -OCH3 is 1. The van der Waals surface area contributed by atoms with Gasteiger partial charge in [-0.15, -0.1) is 0 Å². The highest BCUT2D eigenvalue weighted by atomic mass is 16.5. The molecule has 7 heteroatoms. The van der Waals surface area contributed by atoms with Gasteiger partial charge < -0.3 is 14.2 Å². The van der Waals surface area contributed by atoms with Crippen LogP contribution in [0.2, 0.25) is 0 Å². The lowest BCUT2D eigenvalue weighted by Crippen LogP contribution is -2.22. The number of aromatic nitrogens is 3. The Morgan fingerprint density at radius 2 is 1.86 bits per heavy atom. The predicted octanol–water partition coefficient (Wildman–Crippen LogP) is 3.20. The van der Waals surface area contributed by atoms with Crippen LogP contribution in [0, 0.1) is 0 Å². The molecule has 1 atom stereocenters. The van der Waals surface area contributed by atoms with E-state index in [-0.39, 0.29) is 5.78 Å². The van der Waals surface area contributed by atoms with Crippen LogP contribution in [-0.4, -0.2) is 47.5 Å². The molecule has 7 nitrogen and oxygen atoms in total. The summed E-state index contributed by atoms with van der Waals surface area (Å²) >= 11 is 0. The maximum atomic E-state index is 13.0. The molecule has 146 valence electrons. The second kappa shape index (κ2) is 10.2. The first-order valence-corrected chi connectivity index (χ1v) is 9.06. The van der Waals surface area contributed by atoms with Crippen LogP contribution >= 0.6 is 0 Å². The summed E-state index contributed by atoms with van der Waals surface area (Å²) < 4.78 is 18.0. The fourth-order valence-corrected chi connectivity index (χ4v) is 2.76. The second-order valence-corrected chi connectivity index (χ2v) is 6.05. The van der Waals surface area contributed by atoms with Gasteiger partial charge in [-0.25, -0.2) is 9.67 Å². The van der Waals surface area contributed by atoms with Gasteiger partial charge in [-0.1, -0.05) is 30.3 Å². The third kappa shape index (κ3) is 5.40. The number of carbonyl (C=O) groups is 1. The zero-order chi connectivity index (χ0) is 19.6. The Hall–Kier alpha value is -3.19. The zero-order valence-electron chi connectivity index (χ0n) is 15.7. The molecule has 0 aliphatic rings. The Labute approximate surface area is 163 Å². The quantitative estimate of drug-likeness (QED) is 0.375. The van der Waals surface area contributed by atoms with Crippen LogP contribution in [0.15, 0.2) is 67.3 Å². The Morgan fingerprint density at radius 3 is 2.61 bits per heavy atom. The van der Waals surface area contributed by atoms with E-state index >= 15 is 0 Å². The normalized spacial score (nSPS) is 11.8. The molecular weight excluding hydrogens is 358 g/mol. The summed E-state index contributed by atoms with van der Waals surface area (Å²) in [4.78, 5) is 17.0. The minimum Gasteiger partial charge on any atom is -0.497 e. The van der Waals surface area contributed by atoms with Crippen molar-refractivity contribution in [2.75, 3.05) is 26.9 Å². The van der Waals surface area contributed by atoms with Crippen LogP contribution in [0.3, 0.4) is 0 Å². The summed E-state index contributed by atoms with van der Waals surface area (Å²) in [5.41, 5.74) is 0.562. The Bertz CT molecular complexity index is 853. The number of hydrogen-bond donors (Lipinski definition) is 0. The Kier molecular flexibility index (Phi) is 7.14. The summed E-state index contributed by atoms with van der Waals surface area (Å²) in [6, 6.07) is 16.2. The molecule has 0 spiro atoms. The highest BCUT2D eigenvalue weighted by Gasteiger charge is 2.23. The smallest absolute Gasteiger partial charge is 0.187 e. The van der Waals surface area contributed by atoms with Crippen LogP contribution in [0.25, 0.3) is 0 Å². The first-order chi connectivity index (χ1) is 13.8. The van der Waals surface area contributed by atoms with Gasteiger partial charge in [-0.05, 0) is 24.3 Å². The van der Waals surface area contributed by atoms with E-state index in [0.717, 1.165) is 5.75 Å². The van der Waals surface area contributed by atoms with E-state index < -0.39 is 6.04 Å². The summed E-state index contributed by atoms with van der Waals surface area (Å²) in [7, 11) is 1.57. The average molecular weight is 381 g/mol. The van der Waals surface area contributed by atoms with E-state index in [4.69, 9.17) is 14.2 Å². The molecule has 3 aromatic rings. The number of rotatable bonds is 11. The minimum absolute atomic E-state index is 0.0615. The molecule has 0 saturated heterocycles. The van der Waals surface area contributed by atoms with Crippen molar-refractivity contribution in [3.63, 3.8) is 0 Å². The zero-order valence-corrected chi connectivity index (χ0v) is 15.7. The van der Waals surface area contributed by atoms with Gasteiger partial charge in [0, 0.05) is 18.6 Å². The lowest BCUT2D eigenvalue weighted by molar-refractivity contribution is 0.0761. The molecule has 0 bridgehead atoms. The van der Waals surface area contributed by atoms with Crippen LogP contribution in [0.4, 0.5) is 0 Å². The van der Waals surface area contributed by atoms with E-state index in [1.165, 1.54) is 6.33 Å². The summed E-state index contributed by atoms with van der Waals surface area (Å²) in [6.45, 7) is 1.28. The third-order valence-electron chi connectivity index (χ3n) is 4.19. The van der Waals surface area contributed by atoms with Crippen molar-refractivity contribution in [1.82, 2.24) is 14.8 Å². The number of ketones is 1. The van der Waals surface area contributed by atoms with Crippen LogP contribution in [0.1, 0.15) is 22.8 Å². The fraction of sp³-hybridized carbons (Fsp3) is 0.286. The van der Waals surface area contributed by atoms with Crippen LogP contribution in [-0.2, 0) is 4.74 Å². The van der Waals surface area contributed by atoms with Gasteiger partial charge in [-0.2, -0.15) is 5.10 Å². The lowest BCUT2D eigenvalue weighted by atomic mass is 10.0. The number of para-hydroxylation sites is 1. The number of carbonyl (C=O) groups excluding carboxylic acids is 1. The van der Waals surface area contributed by atoms with Gasteiger partial charge in [0.1, 0.15) is 36.8 Å². The van der Waals surface area contributed by atoms with E-state index in [1.807, 2.05) is 30.3 Å². The van der Waals surface area contributed by atoms with Gasteiger partial charge in [0.25, 0.3) is 0 Å². The number of hydrogen-bond acceptors (Lipinski definition) is 6. The molecular formula is C21H23N3O4. The SMILES string of the molecule is COc1cccc(C(=O)C(CCOCCOc2ccccc2)n2cncn2)c1. The van der Waals surface area contributed by atoms with E-state index in [0.29, 0.717) is 37.6 Å². The predicted molar refractivity (Wildman–Crippen MR) is 104 cm³/mol. The number of nitrogens with zero attached hydrogens (tertiary/aromatic N) is 3. The molecule has 0 saturated carbocycles. The molecule has 0 aliphatic carbocycles. The number of Topliss-reactive ketones (excluding diaryl/α,β-unsaturated/α-hetero) is 1. The van der Waals surface area contributed by atoms with Crippen LogP contribution < -0.4 is 9.47 Å². The summed E-state index contributed by atoms with van der Waals surface area (Å²) in [5, 5.41) is 4.13. The van der Waals surface area contributed by atoms with Gasteiger partial charge >= 0.3 is 0 Å². The molecule has 0 fully saturated rings. The topological polar surface area (TPSA) is 75.5 Å². The van der Waals surface area contributed by atoms with Crippen LogP contribution in [0.5, 0.6) is 11.5 Å². The van der Waals surface area contributed by atoms with Gasteiger partial charge in [0.2, 0.25) is 0 Å². The van der Waals surface area contributed by atoms with Crippen molar-refractivity contribution < 1.29 is 19.0 Å². The Balaban J connectivity index is 1.53. The van der Waals surface area contributed by atoms with Crippen molar-refractivity contribution in [3.8, 4) is 11.5 Å². The van der Waals surface area contributed by atoms with Gasteiger partial charge in [-0.3, -0.25) is 4.79 Å². The lowest BCUT2D eigenvalue weighted by Gasteiger charge is -2.16. The molecule has 1 aromatic heterocycles. The number of benzene rings is 2. The van der Waals surface area contributed by atoms with Crippen molar-refractivity contribution in [1.29, 1.82) is 0 Å². The molecule has 3 rings (SSSR count). The van der Waals surface area contributed by atoms with E-state index in [9.17, 15) is 4.79 Å². The number of ether oxygens (including phenoxy) is 3. The summed E-state index contributed by atoms with van der Waals surface area (Å²) in [6.07, 6.45) is 3.44. The van der Waals surface area contributed by atoms with Gasteiger partial charge in [0.15, 0.2) is 5.78 Å². The molecule has 0 radical (unpaired) electrons. The molecule has 0 amide bonds. The Morgan fingerprint density at radius 1 is 1.04 bits per heavy atom. The third-order valence-corrected chi connectivity index (χ3v) is 4.19. The molecule has 0 N–H and O–H groups in total. The van der Waals surface area contributed by atoms with Crippen molar-refractivity contribution >= 4 is 5.78 Å². The van der Waals surface area contributed by atoms with Crippen molar-refractivity contribution in [2.24, 2.45) is 0 Å². The van der Waals surface area contributed by atoms with Gasteiger partial charge in [0.05, 0.1) is 13.7 Å². The first-order valence-electron chi connectivity index (χ1n) is 9.06. The maximum Gasteiger partial charge on any atom is 0.187 e. The highest BCUT2D eigenvalue weighted by Crippen LogP contribution is 2.21. The molecule has 28 heavy (non-hydrogen) atoms. The van der Waals surface area contributed by atoms with Crippen molar-refractivity contribution in [3.05, 3.63) is 72.8 Å². The van der Waals surface area contributed by atoms with Crippen molar-refractivity contribution in [2.45, 2.75) is 12.5 Å². The minimum atomic E-state index is -0.496. The maximum absolute atomic E-state index is 13.0. The highest BCUT2D eigenvalue weighted by molar-refractivity contribution is 5.99. The molecule has 1 heterocycles. The standard InChI is InChI=1S/C21H23N3O4/c1-26-19-9-5-6-17(14-19)21(25)20(24-16-22-15-23-24)10-11-27-12-13-28-18-7-3-2-4-8-18/h2-9,14-16,20H,10-13H2,1H3. The summed E-state index contributed by atoms with van der Waals surface area (Å²) in [5.74, 6) is 1.38. The fourth-order valence-electron chi connectivity index (χ4n) is 2.76. The molecule has 2 aromatic carbocycles. The average Bonchev–Trinajstić information content (AvgIpc) is 3.28. The van der Waals surface area contributed by atoms with E-state index in [2.05, 4.69) is 10.1 Å². The second-order valence-electron chi connectivity index (χ2n) is 6.05. The molecule has 1 unspecified atom stereocenters. The molecule has 0 aliphatic heterocycles. The first kappa shape index (κ1) is 19.6. The monoisotopic (exact) mass is 381 g/mol. The van der Waals surface area contributed by atoms with E-state index in [1.54, 1.807) is 42.4 Å². The largest absolute Gasteiger partial charge is 0.497 e.